The second kappa shape index (κ2) is 8.77. The molecule has 2 aliphatic heterocycles. The van der Waals surface area contributed by atoms with Crippen molar-refractivity contribution in [1.29, 1.82) is 0 Å². The van der Waals surface area contributed by atoms with E-state index in [2.05, 4.69) is 22.5 Å². The highest BCUT2D eigenvalue weighted by molar-refractivity contribution is 6.01. The van der Waals surface area contributed by atoms with Gasteiger partial charge in [-0.2, -0.15) is 5.10 Å². The van der Waals surface area contributed by atoms with Crippen LogP contribution in [0, 0.1) is 17.7 Å². The molecule has 38 heavy (non-hydrogen) atoms. The van der Waals surface area contributed by atoms with E-state index in [1.165, 1.54) is 12.1 Å². The quantitative estimate of drug-likeness (QED) is 0.419. The zero-order valence-corrected chi connectivity index (χ0v) is 20.7. The molecule has 1 aliphatic carbocycles. The largest absolute Gasteiger partial charge is 0.380 e. The van der Waals surface area contributed by atoms with Crippen molar-refractivity contribution in [3.63, 3.8) is 0 Å². The van der Waals surface area contributed by atoms with Gasteiger partial charge in [-0.3, -0.25) is 14.5 Å². The van der Waals surface area contributed by atoms with Crippen LogP contribution in [0.5, 0.6) is 0 Å². The molecule has 3 fully saturated rings. The van der Waals surface area contributed by atoms with Crippen LogP contribution in [-0.2, 0) is 19.9 Å². The molecule has 8 heteroatoms. The van der Waals surface area contributed by atoms with Crippen molar-refractivity contribution in [1.82, 2.24) is 15.1 Å². The number of nitrogens with one attached hydrogen (secondary N) is 1. The SMILES string of the molecule is O=C(N[C@@H]1CC(=O)N(c2ccc3c(cnn3-c3ccc(F)cc3)c2)[C@@]1(c1ccccc1)C1CC1)C1COC1. The van der Waals surface area contributed by atoms with Gasteiger partial charge in [-0.05, 0) is 66.8 Å². The van der Waals surface area contributed by atoms with E-state index in [9.17, 15) is 14.0 Å². The van der Waals surface area contributed by atoms with Crippen molar-refractivity contribution in [2.45, 2.75) is 30.8 Å². The van der Waals surface area contributed by atoms with Crippen LogP contribution in [0.1, 0.15) is 24.8 Å². The summed E-state index contributed by atoms with van der Waals surface area (Å²) < 4.78 is 20.5. The van der Waals surface area contributed by atoms with Crippen molar-refractivity contribution in [3.8, 4) is 5.69 Å². The molecule has 2 amide bonds. The molecule has 7 nitrogen and oxygen atoms in total. The highest BCUT2D eigenvalue weighted by atomic mass is 19.1. The Hall–Kier alpha value is -4.04. The van der Waals surface area contributed by atoms with Crippen molar-refractivity contribution < 1.29 is 18.7 Å². The molecule has 0 unspecified atom stereocenters. The van der Waals surface area contributed by atoms with Gasteiger partial charge in [0.25, 0.3) is 0 Å². The molecule has 0 bridgehead atoms. The number of nitrogens with zero attached hydrogens (tertiary/aromatic N) is 3. The fourth-order valence-electron chi connectivity index (χ4n) is 6.19. The number of halogens is 1. The molecule has 3 heterocycles. The zero-order valence-electron chi connectivity index (χ0n) is 20.7. The van der Waals surface area contributed by atoms with Crippen LogP contribution < -0.4 is 10.2 Å². The summed E-state index contributed by atoms with van der Waals surface area (Å²) in [6.07, 6.45) is 3.97. The van der Waals surface area contributed by atoms with Crippen LogP contribution in [0.25, 0.3) is 16.6 Å². The van der Waals surface area contributed by atoms with Crippen LogP contribution in [0.15, 0.2) is 79.0 Å². The van der Waals surface area contributed by atoms with E-state index in [0.717, 1.165) is 40.7 Å². The van der Waals surface area contributed by atoms with E-state index in [0.29, 0.717) is 13.2 Å². The number of hydrogen-bond acceptors (Lipinski definition) is 4. The Balaban J connectivity index is 1.33. The van der Waals surface area contributed by atoms with Gasteiger partial charge in [0, 0.05) is 11.1 Å². The normalized spacial score (nSPS) is 23.6. The van der Waals surface area contributed by atoms with Gasteiger partial charge in [-0.15, -0.1) is 0 Å². The highest BCUT2D eigenvalue weighted by Gasteiger charge is 2.62. The molecule has 3 aliphatic rings. The van der Waals surface area contributed by atoms with Crippen LogP contribution in [-0.4, -0.2) is 40.9 Å². The van der Waals surface area contributed by atoms with Gasteiger partial charge in [0.2, 0.25) is 11.8 Å². The van der Waals surface area contributed by atoms with Gasteiger partial charge in [-0.1, -0.05) is 30.3 Å². The summed E-state index contributed by atoms with van der Waals surface area (Å²) in [6.45, 7) is 0.847. The number of benzene rings is 3. The minimum Gasteiger partial charge on any atom is -0.380 e. The number of hydrogen-bond donors (Lipinski definition) is 1. The molecular weight excluding hydrogens is 483 g/mol. The van der Waals surface area contributed by atoms with E-state index in [1.54, 1.807) is 23.0 Å². The lowest BCUT2D eigenvalue weighted by Crippen LogP contribution is -2.58. The lowest BCUT2D eigenvalue weighted by Gasteiger charge is -2.44. The van der Waals surface area contributed by atoms with E-state index >= 15 is 0 Å². The topological polar surface area (TPSA) is 76.5 Å². The minimum absolute atomic E-state index is 0.0128. The highest BCUT2D eigenvalue weighted by Crippen LogP contribution is 2.56. The lowest BCUT2D eigenvalue weighted by atomic mass is 9.78. The van der Waals surface area contributed by atoms with E-state index in [1.807, 2.05) is 41.3 Å². The smallest absolute Gasteiger partial charge is 0.230 e. The third-order valence-corrected chi connectivity index (χ3v) is 8.17. The second-order valence-corrected chi connectivity index (χ2v) is 10.5. The fourth-order valence-corrected chi connectivity index (χ4v) is 6.19. The van der Waals surface area contributed by atoms with Gasteiger partial charge >= 0.3 is 0 Å². The first-order valence-electron chi connectivity index (χ1n) is 13.1. The fraction of sp³-hybridized carbons (Fsp3) is 0.300. The maximum absolute atomic E-state index is 13.8. The third kappa shape index (κ3) is 3.55. The monoisotopic (exact) mass is 510 g/mol. The summed E-state index contributed by atoms with van der Waals surface area (Å²) in [7, 11) is 0. The van der Waals surface area contributed by atoms with E-state index in [4.69, 9.17) is 4.74 Å². The molecule has 1 saturated carbocycles. The Morgan fingerprint density at radius 1 is 1.00 bits per heavy atom. The van der Waals surface area contributed by atoms with Gasteiger partial charge in [0.1, 0.15) is 5.82 Å². The van der Waals surface area contributed by atoms with Gasteiger partial charge < -0.3 is 10.1 Å². The summed E-state index contributed by atoms with van der Waals surface area (Å²) in [5, 5.41) is 8.67. The zero-order chi connectivity index (χ0) is 25.9. The van der Waals surface area contributed by atoms with Crippen molar-refractivity contribution in [2.24, 2.45) is 11.8 Å². The molecular formula is C30H27FN4O3. The Morgan fingerprint density at radius 3 is 2.42 bits per heavy atom. The number of fused-ring (bicyclic) bond motifs is 1. The predicted molar refractivity (Wildman–Crippen MR) is 140 cm³/mol. The summed E-state index contributed by atoms with van der Waals surface area (Å²) in [5.74, 6) is -0.296. The van der Waals surface area contributed by atoms with Crippen molar-refractivity contribution >= 4 is 28.4 Å². The van der Waals surface area contributed by atoms with Gasteiger partial charge in [0.05, 0.1) is 54.5 Å². The molecule has 2 saturated heterocycles. The maximum atomic E-state index is 13.8. The van der Waals surface area contributed by atoms with Crippen LogP contribution in [0.3, 0.4) is 0 Å². The summed E-state index contributed by atoms with van der Waals surface area (Å²) in [6, 6.07) is 21.8. The van der Waals surface area contributed by atoms with Gasteiger partial charge in [0.15, 0.2) is 0 Å². The van der Waals surface area contributed by atoms with E-state index < -0.39 is 5.54 Å². The van der Waals surface area contributed by atoms with Gasteiger partial charge in [-0.25, -0.2) is 9.07 Å². The third-order valence-electron chi connectivity index (χ3n) is 8.17. The first-order chi connectivity index (χ1) is 18.6. The Bertz CT molecular complexity index is 1530. The predicted octanol–water partition coefficient (Wildman–Crippen LogP) is 4.34. The number of ether oxygens (including phenoxy) is 1. The average Bonchev–Trinajstić information content (AvgIpc) is 3.59. The molecule has 2 atom stereocenters. The summed E-state index contributed by atoms with van der Waals surface area (Å²) in [4.78, 5) is 28.8. The lowest BCUT2D eigenvalue weighted by molar-refractivity contribution is -0.140. The van der Waals surface area contributed by atoms with Crippen LogP contribution in [0.4, 0.5) is 10.1 Å². The standard InChI is InChI=1S/C30H27FN4O3/c31-23-8-10-24(11-9-23)35-26-13-12-25(14-19(26)16-32-35)34-28(36)15-27(33-29(37)20-17-38-18-20)30(34,22-6-7-22)21-4-2-1-3-5-21/h1-5,8-14,16,20,22,27H,6-7,15,17-18H2,(H,33,37)/t27-,30+/m1/s1. The molecule has 192 valence electrons. The number of amides is 2. The number of carbonyl (C=O) groups excluding carboxylic acids is 2. The first-order valence-corrected chi connectivity index (χ1v) is 13.1. The molecule has 3 aromatic carbocycles. The summed E-state index contributed by atoms with van der Waals surface area (Å²) >= 11 is 0. The number of aromatic nitrogens is 2. The maximum Gasteiger partial charge on any atom is 0.230 e. The molecule has 0 radical (unpaired) electrons. The number of rotatable bonds is 6. The second-order valence-electron chi connectivity index (χ2n) is 10.5. The molecule has 7 rings (SSSR count). The number of carbonyl (C=O) groups is 2. The van der Waals surface area contributed by atoms with Crippen molar-refractivity contribution in [2.75, 3.05) is 18.1 Å². The molecule has 1 aromatic heterocycles. The van der Waals surface area contributed by atoms with E-state index in [-0.39, 0.29) is 41.9 Å². The minimum atomic E-state index is -0.681. The first kappa shape index (κ1) is 23.1. The van der Waals surface area contributed by atoms with Crippen molar-refractivity contribution in [3.05, 3.63) is 90.4 Å². The summed E-state index contributed by atoms with van der Waals surface area (Å²) in [5.41, 5.74) is 2.75. The van der Waals surface area contributed by atoms with Crippen LogP contribution >= 0.6 is 0 Å². The Kier molecular flexibility index (Phi) is 5.33. The molecule has 1 N–H and O–H groups in total. The number of anilines is 1. The van der Waals surface area contributed by atoms with Crippen LogP contribution in [0.2, 0.25) is 0 Å². The average molecular weight is 511 g/mol. The Labute approximate surface area is 219 Å². The molecule has 0 spiro atoms. The Morgan fingerprint density at radius 2 is 1.74 bits per heavy atom. The molecule has 4 aromatic rings.